The summed E-state index contributed by atoms with van der Waals surface area (Å²) in [6, 6.07) is 17.9. The van der Waals surface area contributed by atoms with Gasteiger partial charge >= 0.3 is 0 Å². The van der Waals surface area contributed by atoms with Crippen LogP contribution in [0.2, 0.25) is 0 Å². The Labute approximate surface area is 204 Å². The lowest BCUT2D eigenvalue weighted by Gasteiger charge is -2.33. The molecule has 1 aliphatic rings. The van der Waals surface area contributed by atoms with Crippen LogP contribution in [0.5, 0.6) is 11.5 Å². The quantitative estimate of drug-likeness (QED) is 0.462. The SMILES string of the molecule is COc1ccc(OC)c(N(C(=O)Cc2cccs2)[C@@H](C(=O)NC2CCCC2)c2ccccc2)c1. The van der Waals surface area contributed by atoms with E-state index in [-0.39, 0.29) is 24.3 Å². The second-order valence-electron chi connectivity index (χ2n) is 8.36. The van der Waals surface area contributed by atoms with Crippen molar-refractivity contribution in [3.05, 3.63) is 76.5 Å². The lowest BCUT2D eigenvalue weighted by molar-refractivity contribution is -0.127. The molecule has 4 rings (SSSR count). The highest BCUT2D eigenvalue weighted by Gasteiger charge is 2.36. The zero-order valence-electron chi connectivity index (χ0n) is 19.5. The standard InChI is InChI=1S/C27H30N2O4S/c1-32-21-14-15-24(33-2)23(17-21)29(25(30)18-22-13-8-16-34-22)26(19-9-4-3-5-10-19)27(31)28-20-11-6-7-12-20/h3-5,8-10,13-17,20,26H,6-7,11-12,18H2,1-2H3,(H,28,31)/t26-/m1/s1. The lowest BCUT2D eigenvalue weighted by atomic mass is 10.0. The van der Waals surface area contributed by atoms with Crippen molar-refractivity contribution in [1.29, 1.82) is 0 Å². The second kappa shape index (κ2) is 11.2. The molecule has 1 atom stereocenters. The van der Waals surface area contributed by atoms with E-state index in [1.165, 1.54) is 11.3 Å². The second-order valence-corrected chi connectivity index (χ2v) is 9.39. The van der Waals surface area contributed by atoms with Crippen LogP contribution in [0.4, 0.5) is 5.69 Å². The van der Waals surface area contributed by atoms with Crippen molar-refractivity contribution in [3.8, 4) is 11.5 Å². The maximum Gasteiger partial charge on any atom is 0.248 e. The summed E-state index contributed by atoms with van der Waals surface area (Å²) in [5.41, 5.74) is 1.24. The van der Waals surface area contributed by atoms with Crippen molar-refractivity contribution in [2.75, 3.05) is 19.1 Å². The summed E-state index contributed by atoms with van der Waals surface area (Å²) in [5, 5.41) is 5.15. The normalized spacial score (nSPS) is 14.4. The van der Waals surface area contributed by atoms with Crippen molar-refractivity contribution in [2.24, 2.45) is 0 Å². The van der Waals surface area contributed by atoms with E-state index in [0.717, 1.165) is 36.1 Å². The molecule has 1 aliphatic carbocycles. The van der Waals surface area contributed by atoms with Gasteiger partial charge in [-0.05, 0) is 42.0 Å². The number of anilines is 1. The Bertz CT molecular complexity index is 1100. The Balaban J connectivity index is 1.82. The van der Waals surface area contributed by atoms with Gasteiger partial charge < -0.3 is 14.8 Å². The zero-order chi connectivity index (χ0) is 23.9. The summed E-state index contributed by atoms with van der Waals surface area (Å²) in [5.74, 6) is 0.689. The molecule has 0 saturated heterocycles. The maximum absolute atomic E-state index is 13.9. The van der Waals surface area contributed by atoms with Gasteiger partial charge in [0.1, 0.15) is 17.5 Å². The molecule has 0 aliphatic heterocycles. The number of hydrogen-bond donors (Lipinski definition) is 1. The minimum atomic E-state index is -0.852. The summed E-state index contributed by atoms with van der Waals surface area (Å²) < 4.78 is 11.1. The molecule has 1 heterocycles. The van der Waals surface area contributed by atoms with Crippen LogP contribution in [0.25, 0.3) is 0 Å². The van der Waals surface area contributed by atoms with E-state index in [2.05, 4.69) is 5.32 Å². The van der Waals surface area contributed by atoms with Gasteiger partial charge in [0.2, 0.25) is 11.8 Å². The van der Waals surface area contributed by atoms with Gasteiger partial charge in [0.15, 0.2) is 0 Å². The van der Waals surface area contributed by atoms with Gasteiger partial charge in [0.25, 0.3) is 0 Å². The molecule has 0 unspecified atom stereocenters. The van der Waals surface area contributed by atoms with E-state index in [9.17, 15) is 9.59 Å². The predicted octanol–water partition coefficient (Wildman–Crippen LogP) is 5.14. The van der Waals surface area contributed by atoms with Gasteiger partial charge in [-0.3, -0.25) is 14.5 Å². The summed E-state index contributed by atoms with van der Waals surface area (Å²) in [6.07, 6.45) is 4.30. The molecule has 7 heteroatoms. The fraction of sp³-hybridized carbons (Fsp3) is 0.333. The Morgan fingerprint density at radius 1 is 1.03 bits per heavy atom. The first-order chi connectivity index (χ1) is 16.6. The lowest BCUT2D eigenvalue weighted by Crippen LogP contribution is -2.47. The molecular weight excluding hydrogens is 448 g/mol. The minimum absolute atomic E-state index is 0.125. The third-order valence-electron chi connectivity index (χ3n) is 6.14. The minimum Gasteiger partial charge on any atom is -0.497 e. The highest BCUT2D eigenvalue weighted by molar-refractivity contribution is 7.10. The molecule has 0 bridgehead atoms. The first-order valence-electron chi connectivity index (χ1n) is 11.5. The molecule has 3 aromatic rings. The molecular formula is C27H30N2O4S. The number of benzene rings is 2. The molecule has 2 aromatic carbocycles. The summed E-state index contributed by atoms with van der Waals surface area (Å²) in [4.78, 5) is 30.2. The Kier molecular flexibility index (Phi) is 7.85. The molecule has 1 saturated carbocycles. The average Bonchev–Trinajstić information content (AvgIpc) is 3.57. The molecule has 6 nitrogen and oxygen atoms in total. The zero-order valence-corrected chi connectivity index (χ0v) is 20.3. The smallest absolute Gasteiger partial charge is 0.248 e. The average molecular weight is 479 g/mol. The monoisotopic (exact) mass is 478 g/mol. The van der Waals surface area contributed by atoms with Crippen molar-refractivity contribution < 1.29 is 19.1 Å². The molecule has 0 spiro atoms. The third kappa shape index (κ3) is 5.42. The first kappa shape index (κ1) is 23.8. The van der Waals surface area contributed by atoms with Crippen LogP contribution in [0.1, 0.15) is 42.2 Å². The van der Waals surface area contributed by atoms with Gasteiger partial charge in [0.05, 0.1) is 26.3 Å². The van der Waals surface area contributed by atoms with E-state index in [0.29, 0.717) is 17.2 Å². The van der Waals surface area contributed by atoms with Crippen molar-refractivity contribution in [3.63, 3.8) is 0 Å². The van der Waals surface area contributed by atoms with E-state index in [1.807, 2.05) is 47.8 Å². The third-order valence-corrected chi connectivity index (χ3v) is 7.02. The Morgan fingerprint density at radius 2 is 1.79 bits per heavy atom. The van der Waals surface area contributed by atoms with Gasteiger partial charge in [0, 0.05) is 17.0 Å². The van der Waals surface area contributed by atoms with E-state index < -0.39 is 6.04 Å². The van der Waals surface area contributed by atoms with Gasteiger partial charge in [-0.2, -0.15) is 0 Å². The Morgan fingerprint density at radius 3 is 2.44 bits per heavy atom. The molecule has 178 valence electrons. The predicted molar refractivity (Wildman–Crippen MR) is 135 cm³/mol. The number of rotatable bonds is 9. The molecule has 2 amide bonds. The number of nitrogens with zero attached hydrogens (tertiary/aromatic N) is 1. The topological polar surface area (TPSA) is 67.9 Å². The largest absolute Gasteiger partial charge is 0.497 e. The molecule has 1 fully saturated rings. The molecule has 0 radical (unpaired) electrons. The highest BCUT2D eigenvalue weighted by atomic mass is 32.1. The van der Waals surface area contributed by atoms with Crippen LogP contribution in [0, 0.1) is 0 Å². The number of carbonyl (C=O) groups is 2. The van der Waals surface area contributed by atoms with Crippen LogP contribution >= 0.6 is 11.3 Å². The van der Waals surface area contributed by atoms with E-state index in [4.69, 9.17) is 9.47 Å². The summed E-state index contributed by atoms with van der Waals surface area (Å²) in [6.45, 7) is 0. The van der Waals surface area contributed by atoms with Crippen LogP contribution in [-0.2, 0) is 16.0 Å². The number of carbonyl (C=O) groups excluding carboxylic acids is 2. The van der Waals surface area contributed by atoms with Crippen molar-refractivity contribution >= 4 is 28.8 Å². The summed E-state index contributed by atoms with van der Waals surface area (Å²) >= 11 is 1.52. The number of amides is 2. The van der Waals surface area contributed by atoms with E-state index >= 15 is 0 Å². The molecule has 1 N–H and O–H groups in total. The fourth-order valence-electron chi connectivity index (χ4n) is 4.45. The van der Waals surface area contributed by atoms with Gasteiger partial charge in [-0.15, -0.1) is 11.3 Å². The number of nitrogens with one attached hydrogen (secondary N) is 1. The number of hydrogen-bond acceptors (Lipinski definition) is 5. The van der Waals surface area contributed by atoms with Crippen LogP contribution in [0.3, 0.4) is 0 Å². The summed E-state index contributed by atoms with van der Waals surface area (Å²) in [7, 11) is 3.13. The Hall–Kier alpha value is -3.32. The maximum atomic E-state index is 13.9. The van der Waals surface area contributed by atoms with Crippen molar-refractivity contribution in [1.82, 2.24) is 5.32 Å². The van der Waals surface area contributed by atoms with Crippen molar-refractivity contribution in [2.45, 2.75) is 44.2 Å². The molecule has 34 heavy (non-hydrogen) atoms. The van der Waals surface area contributed by atoms with Crippen LogP contribution in [-0.4, -0.2) is 32.1 Å². The number of methoxy groups -OCH3 is 2. The van der Waals surface area contributed by atoms with Gasteiger partial charge in [-0.25, -0.2) is 0 Å². The number of thiophene rings is 1. The molecule has 1 aromatic heterocycles. The van der Waals surface area contributed by atoms with E-state index in [1.54, 1.807) is 37.3 Å². The van der Waals surface area contributed by atoms with Gasteiger partial charge in [-0.1, -0.05) is 49.2 Å². The van der Waals surface area contributed by atoms with Crippen LogP contribution < -0.4 is 19.7 Å². The highest BCUT2D eigenvalue weighted by Crippen LogP contribution is 2.38. The fourth-order valence-corrected chi connectivity index (χ4v) is 5.15. The number of ether oxygens (including phenoxy) is 2. The first-order valence-corrected chi connectivity index (χ1v) is 12.4. The van der Waals surface area contributed by atoms with Crippen LogP contribution in [0.15, 0.2) is 66.0 Å².